The smallest absolute Gasteiger partial charge is 0.264 e. The first kappa shape index (κ1) is 30.5. The summed E-state index contributed by atoms with van der Waals surface area (Å²) in [5.41, 5.74) is 1.91. The SMILES string of the molecule is Cc1cccc(CN(C(=O)CN(c2ccc(Cl)cc2Cl)S(=O)(=O)c2ccccc2)[C@@H](C)C(=O)NCC(C)C)c1. The molecule has 0 aliphatic heterocycles. The van der Waals surface area contributed by atoms with Gasteiger partial charge in [-0.1, -0.05) is 85.1 Å². The van der Waals surface area contributed by atoms with E-state index in [0.717, 1.165) is 15.4 Å². The van der Waals surface area contributed by atoms with Crippen molar-refractivity contribution >= 4 is 50.7 Å². The molecule has 0 heterocycles. The van der Waals surface area contributed by atoms with Crippen LogP contribution in [0.15, 0.2) is 77.7 Å². The summed E-state index contributed by atoms with van der Waals surface area (Å²) in [6.07, 6.45) is 0. The molecule has 3 aromatic carbocycles. The molecule has 0 unspecified atom stereocenters. The van der Waals surface area contributed by atoms with Crippen molar-refractivity contribution < 1.29 is 18.0 Å². The third kappa shape index (κ3) is 7.97. The Labute approximate surface area is 240 Å². The Balaban J connectivity index is 2.03. The van der Waals surface area contributed by atoms with Gasteiger partial charge in [-0.3, -0.25) is 13.9 Å². The maximum absolute atomic E-state index is 13.9. The summed E-state index contributed by atoms with van der Waals surface area (Å²) in [5, 5.41) is 3.27. The van der Waals surface area contributed by atoms with Gasteiger partial charge in [0.05, 0.1) is 15.6 Å². The topological polar surface area (TPSA) is 86.8 Å². The van der Waals surface area contributed by atoms with Gasteiger partial charge in [0.2, 0.25) is 11.8 Å². The van der Waals surface area contributed by atoms with Gasteiger partial charge in [0.1, 0.15) is 12.6 Å². The highest BCUT2D eigenvalue weighted by atomic mass is 35.5. The van der Waals surface area contributed by atoms with Gasteiger partial charge in [-0.25, -0.2) is 8.42 Å². The fourth-order valence-electron chi connectivity index (χ4n) is 3.96. The fraction of sp³-hybridized carbons (Fsp3) is 0.310. The number of anilines is 1. The number of halogens is 2. The average Bonchev–Trinajstić information content (AvgIpc) is 2.89. The highest BCUT2D eigenvalue weighted by Gasteiger charge is 2.33. The lowest BCUT2D eigenvalue weighted by Gasteiger charge is -2.32. The van der Waals surface area contributed by atoms with Crippen LogP contribution < -0.4 is 9.62 Å². The zero-order valence-electron chi connectivity index (χ0n) is 22.4. The molecule has 208 valence electrons. The molecule has 0 aliphatic carbocycles. The number of benzene rings is 3. The van der Waals surface area contributed by atoms with Crippen LogP contribution in [0.3, 0.4) is 0 Å². The van der Waals surface area contributed by atoms with Crippen LogP contribution in [0.2, 0.25) is 10.0 Å². The molecule has 0 aromatic heterocycles. The molecule has 39 heavy (non-hydrogen) atoms. The number of amides is 2. The van der Waals surface area contributed by atoms with E-state index in [9.17, 15) is 18.0 Å². The number of aryl methyl sites for hydroxylation is 1. The largest absolute Gasteiger partial charge is 0.354 e. The Morgan fingerprint density at radius 2 is 1.62 bits per heavy atom. The van der Waals surface area contributed by atoms with Crippen LogP contribution in [0, 0.1) is 12.8 Å². The quantitative estimate of drug-likeness (QED) is 0.311. The summed E-state index contributed by atoms with van der Waals surface area (Å²) < 4.78 is 28.6. The molecule has 0 bridgehead atoms. The van der Waals surface area contributed by atoms with E-state index in [-0.39, 0.29) is 34.0 Å². The molecular weight excluding hydrogens is 557 g/mol. The zero-order valence-corrected chi connectivity index (χ0v) is 24.7. The van der Waals surface area contributed by atoms with Crippen molar-refractivity contribution in [2.45, 2.75) is 45.2 Å². The van der Waals surface area contributed by atoms with E-state index in [1.165, 1.54) is 35.2 Å². The number of rotatable bonds is 11. The Morgan fingerprint density at radius 1 is 0.923 bits per heavy atom. The highest BCUT2D eigenvalue weighted by Crippen LogP contribution is 2.33. The number of hydrogen-bond donors (Lipinski definition) is 1. The zero-order chi connectivity index (χ0) is 28.7. The van der Waals surface area contributed by atoms with Crippen LogP contribution >= 0.6 is 23.2 Å². The second kappa shape index (κ2) is 13.3. The van der Waals surface area contributed by atoms with Crippen LogP contribution in [0.4, 0.5) is 5.69 Å². The van der Waals surface area contributed by atoms with Crippen molar-refractivity contribution in [3.63, 3.8) is 0 Å². The Hall–Kier alpha value is -3.07. The summed E-state index contributed by atoms with van der Waals surface area (Å²) in [4.78, 5) is 28.4. The molecule has 7 nitrogen and oxygen atoms in total. The lowest BCUT2D eigenvalue weighted by atomic mass is 10.1. The molecule has 0 aliphatic rings. The normalized spacial score (nSPS) is 12.2. The Kier molecular flexibility index (Phi) is 10.4. The van der Waals surface area contributed by atoms with E-state index < -0.39 is 28.5 Å². The molecular formula is C29H33Cl2N3O4S. The van der Waals surface area contributed by atoms with Gasteiger partial charge in [0, 0.05) is 18.1 Å². The monoisotopic (exact) mass is 589 g/mol. The maximum atomic E-state index is 13.9. The number of sulfonamides is 1. The Bertz CT molecular complexity index is 1420. The molecule has 1 atom stereocenters. The molecule has 0 spiro atoms. The number of nitrogens with one attached hydrogen (secondary N) is 1. The van der Waals surface area contributed by atoms with E-state index in [4.69, 9.17) is 23.2 Å². The predicted octanol–water partition coefficient (Wildman–Crippen LogP) is 5.69. The molecule has 0 radical (unpaired) electrons. The first-order valence-corrected chi connectivity index (χ1v) is 14.7. The van der Waals surface area contributed by atoms with Crippen LogP contribution in [0.25, 0.3) is 0 Å². The molecule has 0 fully saturated rings. The van der Waals surface area contributed by atoms with Crippen molar-refractivity contribution in [1.82, 2.24) is 10.2 Å². The van der Waals surface area contributed by atoms with Gasteiger partial charge in [0.15, 0.2) is 0 Å². The van der Waals surface area contributed by atoms with Crippen molar-refractivity contribution in [1.29, 1.82) is 0 Å². The number of carbonyl (C=O) groups excluding carboxylic acids is 2. The second-order valence-electron chi connectivity index (χ2n) is 9.75. The van der Waals surface area contributed by atoms with E-state index in [1.54, 1.807) is 25.1 Å². The van der Waals surface area contributed by atoms with Gasteiger partial charge in [-0.2, -0.15) is 0 Å². The fourth-order valence-corrected chi connectivity index (χ4v) is 5.97. The average molecular weight is 591 g/mol. The second-order valence-corrected chi connectivity index (χ2v) is 12.5. The van der Waals surface area contributed by atoms with E-state index in [2.05, 4.69) is 5.32 Å². The summed E-state index contributed by atoms with van der Waals surface area (Å²) in [6.45, 7) is 7.51. The van der Waals surface area contributed by atoms with E-state index in [0.29, 0.717) is 11.6 Å². The molecule has 0 saturated heterocycles. The summed E-state index contributed by atoms with van der Waals surface area (Å²) in [7, 11) is -4.21. The minimum Gasteiger partial charge on any atom is -0.354 e. The third-order valence-electron chi connectivity index (χ3n) is 6.08. The number of carbonyl (C=O) groups is 2. The molecule has 2 amide bonds. The minimum absolute atomic E-state index is 0.00299. The molecule has 1 N–H and O–H groups in total. The molecule has 3 aromatic rings. The van der Waals surface area contributed by atoms with Crippen LogP contribution in [0.5, 0.6) is 0 Å². The van der Waals surface area contributed by atoms with Crippen LogP contribution in [-0.4, -0.2) is 44.3 Å². The summed E-state index contributed by atoms with van der Waals surface area (Å²) in [6, 6.07) is 18.9. The van der Waals surface area contributed by atoms with Crippen molar-refractivity contribution in [2.75, 3.05) is 17.4 Å². The van der Waals surface area contributed by atoms with Crippen molar-refractivity contribution in [3.8, 4) is 0 Å². The predicted molar refractivity (Wildman–Crippen MR) is 156 cm³/mol. The van der Waals surface area contributed by atoms with Gasteiger partial charge in [-0.15, -0.1) is 0 Å². The summed E-state index contributed by atoms with van der Waals surface area (Å²) >= 11 is 12.5. The molecule has 10 heteroatoms. The van der Waals surface area contributed by atoms with Gasteiger partial charge >= 0.3 is 0 Å². The lowest BCUT2D eigenvalue weighted by Crippen LogP contribution is -2.51. The Morgan fingerprint density at radius 3 is 2.23 bits per heavy atom. The standard InChI is InChI=1S/C29H33Cl2N3O4S/c1-20(2)17-32-29(36)22(4)33(18-23-10-8-9-21(3)15-23)28(35)19-34(27-14-13-24(30)16-26(27)31)39(37,38)25-11-6-5-7-12-25/h5-16,20,22H,17-19H2,1-4H3,(H,32,36)/t22-/m0/s1. The van der Waals surface area contributed by atoms with E-state index in [1.807, 2.05) is 45.0 Å². The third-order valence-corrected chi connectivity index (χ3v) is 8.39. The van der Waals surface area contributed by atoms with Crippen LogP contribution in [-0.2, 0) is 26.2 Å². The van der Waals surface area contributed by atoms with Gasteiger partial charge in [0.25, 0.3) is 10.0 Å². The number of nitrogens with zero attached hydrogens (tertiary/aromatic N) is 2. The first-order chi connectivity index (χ1) is 18.4. The van der Waals surface area contributed by atoms with Crippen LogP contribution in [0.1, 0.15) is 31.9 Å². The van der Waals surface area contributed by atoms with Gasteiger partial charge in [-0.05, 0) is 55.7 Å². The summed E-state index contributed by atoms with van der Waals surface area (Å²) in [5.74, 6) is -0.665. The van der Waals surface area contributed by atoms with Gasteiger partial charge < -0.3 is 10.2 Å². The van der Waals surface area contributed by atoms with Crippen molar-refractivity contribution in [3.05, 3.63) is 94.0 Å². The maximum Gasteiger partial charge on any atom is 0.264 e. The molecule has 3 rings (SSSR count). The lowest BCUT2D eigenvalue weighted by molar-refractivity contribution is -0.139. The minimum atomic E-state index is -4.21. The highest BCUT2D eigenvalue weighted by molar-refractivity contribution is 7.92. The van der Waals surface area contributed by atoms with Crippen molar-refractivity contribution in [2.24, 2.45) is 5.92 Å². The van der Waals surface area contributed by atoms with E-state index >= 15 is 0 Å². The first-order valence-electron chi connectivity index (χ1n) is 12.6. The number of hydrogen-bond acceptors (Lipinski definition) is 4. The molecule has 0 saturated carbocycles.